The number of aromatic carboxylic acids is 1. The van der Waals surface area contributed by atoms with Crippen LogP contribution in [0.3, 0.4) is 0 Å². The van der Waals surface area contributed by atoms with Crippen molar-refractivity contribution in [2.24, 2.45) is 0 Å². The van der Waals surface area contributed by atoms with E-state index in [0.717, 1.165) is 0 Å². The van der Waals surface area contributed by atoms with Gasteiger partial charge in [-0.25, -0.2) is 9.18 Å². The molecule has 154 valence electrons. The number of amides is 1. The van der Waals surface area contributed by atoms with Crippen LogP contribution in [0, 0.1) is 5.82 Å². The van der Waals surface area contributed by atoms with E-state index in [9.17, 15) is 19.1 Å². The number of hydrogen-bond acceptors (Lipinski definition) is 4. The highest BCUT2D eigenvalue weighted by molar-refractivity contribution is 6.04. The van der Waals surface area contributed by atoms with E-state index in [2.05, 4.69) is 5.32 Å². The van der Waals surface area contributed by atoms with Gasteiger partial charge in [0, 0.05) is 29.8 Å². The maximum Gasteiger partial charge on any atom is 0.339 e. The molecular weight excluding hydrogens is 391 g/mol. The molecular formula is C22H19FN2O5. The van der Waals surface area contributed by atoms with Crippen LogP contribution >= 0.6 is 0 Å². The molecule has 1 amide bonds. The van der Waals surface area contributed by atoms with Crippen LogP contribution in [-0.4, -0.2) is 35.8 Å². The maximum absolute atomic E-state index is 13.5. The SMILES string of the molecule is COc1ccc(OC)c([C@H]2CC(=O)Nc3c(C(=O)O)cn(-c4ccc(F)cc4)c32)c1. The molecule has 30 heavy (non-hydrogen) atoms. The number of carbonyl (C=O) groups is 2. The molecule has 2 heterocycles. The molecule has 7 nitrogen and oxygen atoms in total. The molecule has 1 aliphatic rings. The largest absolute Gasteiger partial charge is 0.497 e. The minimum Gasteiger partial charge on any atom is -0.497 e. The van der Waals surface area contributed by atoms with Crippen molar-refractivity contribution in [3.05, 3.63) is 71.3 Å². The molecule has 1 atom stereocenters. The first-order chi connectivity index (χ1) is 14.4. The summed E-state index contributed by atoms with van der Waals surface area (Å²) >= 11 is 0. The molecule has 3 aromatic rings. The highest BCUT2D eigenvalue weighted by atomic mass is 19.1. The normalized spacial score (nSPS) is 15.3. The molecule has 0 fully saturated rings. The van der Waals surface area contributed by atoms with Gasteiger partial charge in [-0.2, -0.15) is 0 Å². The third-order valence-electron chi connectivity index (χ3n) is 5.17. The van der Waals surface area contributed by atoms with E-state index in [-0.39, 0.29) is 23.6 Å². The summed E-state index contributed by atoms with van der Waals surface area (Å²) < 4.78 is 26.0. The lowest BCUT2D eigenvalue weighted by atomic mass is 9.87. The Morgan fingerprint density at radius 2 is 1.90 bits per heavy atom. The lowest BCUT2D eigenvalue weighted by molar-refractivity contribution is -0.116. The topological polar surface area (TPSA) is 89.8 Å². The minimum atomic E-state index is -1.18. The molecule has 1 aromatic heterocycles. The van der Waals surface area contributed by atoms with Crippen LogP contribution in [0.5, 0.6) is 11.5 Å². The number of carboxylic acid groups (broad SMARTS) is 1. The molecule has 0 aliphatic carbocycles. The Bertz CT molecular complexity index is 1140. The first-order valence-corrected chi connectivity index (χ1v) is 9.19. The molecule has 2 N–H and O–H groups in total. The molecule has 1 aliphatic heterocycles. The van der Waals surface area contributed by atoms with Crippen molar-refractivity contribution in [3.8, 4) is 17.2 Å². The van der Waals surface area contributed by atoms with Crippen LogP contribution in [0.2, 0.25) is 0 Å². The number of nitrogens with zero attached hydrogens (tertiary/aromatic N) is 1. The molecule has 0 unspecified atom stereocenters. The Labute approximate surface area is 171 Å². The highest BCUT2D eigenvalue weighted by Gasteiger charge is 2.36. The minimum absolute atomic E-state index is 0.0470. The number of carboxylic acids is 1. The fourth-order valence-corrected chi connectivity index (χ4v) is 3.81. The fraction of sp³-hybridized carbons (Fsp3) is 0.182. The van der Waals surface area contributed by atoms with Gasteiger partial charge in [-0.15, -0.1) is 0 Å². The predicted molar refractivity (Wildman–Crippen MR) is 107 cm³/mol. The van der Waals surface area contributed by atoms with E-state index in [4.69, 9.17) is 9.47 Å². The zero-order valence-corrected chi connectivity index (χ0v) is 16.3. The van der Waals surface area contributed by atoms with Gasteiger partial charge < -0.3 is 24.5 Å². The highest BCUT2D eigenvalue weighted by Crippen LogP contribution is 2.45. The molecule has 8 heteroatoms. The molecule has 0 bridgehead atoms. The van der Waals surface area contributed by atoms with E-state index < -0.39 is 17.7 Å². The molecule has 4 rings (SSSR count). The number of anilines is 1. The third kappa shape index (κ3) is 3.26. The maximum atomic E-state index is 13.5. The molecule has 0 radical (unpaired) electrons. The van der Waals surface area contributed by atoms with Crippen molar-refractivity contribution in [2.45, 2.75) is 12.3 Å². The fourth-order valence-electron chi connectivity index (χ4n) is 3.81. The average Bonchev–Trinajstić information content (AvgIpc) is 3.12. The van der Waals surface area contributed by atoms with E-state index in [1.54, 1.807) is 34.9 Å². The van der Waals surface area contributed by atoms with Gasteiger partial charge in [-0.1, -0.05) is 0 Å². The van der Waals surface area contributed by atoms with Crippen molar-refractivity contribution in [2.75, 3.05) is 19.5 Å². The summed E-state index contributed by atoms with van der Waals surface area (Å²) in [5.74, 6) is -1.27. The molecule has 2 aromatic carbocycles. The summed E-state index contributed by atoms with van der Waals surface area (Å²) in [5, 5.41) is 12.4. The average molecular weight is 410 g/mol. The summed E-state index contributed by atoms with van der Waals surface area (Å²) in [6.45, 7) is 0. The Kier molecular flexibility index (Phi) is 4.91. The zero-order chi connectivity index (χ0) is 21.4. The second-order valence-electron chi connectivity index (χ2n) is 6.87. The van der Waals surface area contributed by atoms with E-state index in [1.807, 2.05) is 0 Å². The van der Waals surface area contributed by atoms with Gasteiger partial charge in [-0.3, -0.25) is 4.79 Å². The third-order valence-corrected chi connectivity index (χ3v) is 5.17. The number of carbonyl (C=O) groups excluding carboxylic acids is 1. The smallest absolute Gasteiger partial charge is 0.339 e. The summed E-state index contributed by atoms with van der Waals surface area (Å²) in [5.41, 5.74) is 2.01. The van der Waals surface area contributed by atoms with Gasteiger partial charge in [0.15, 0.2) is 0 Å². The Hall–Kier alpha value is -3.81. The number of ether oxygens (including phenoxy) is 2. The van der Waals surface area contributed by atoms with Crippen molar-refractivity contribution in [3.63, 3.8) is 0 Å². The van der Waals surface area contributed by atoms with Crippen molar-refractivity contribution in [1.82, 2.24) is 4.57 Å². The number of halogens is 1. The van der Waals surface area contributed by atoms with Crippen LogP contribution in [-0.2, 0) is 4.79 Å². The van der Waals surface area contributed by atoms with Gasteiger partial charge in [-0.05, 0) is 42.5 Å². The van der Waals surface area contributed by atoms with Crippen molar-refractivity contribution in [1.29, 1.82) is 0 Å². The van der Waals surface area contributed by atoms with Crippen LogP contribution in [0.25, 0.3) is 5.69 Å². The number of methoxy groups -OCH3 is 2. The summed E-state index contributed by atoms with van der Waals surface area (Å²) in [6.07, 6.45) is 1.52. The van der Waals surface area contributed by atoms with Gasteiger partial charge >= 0.3 is 5.97 Å². The van der Waals surface area contributed by atoms with Gasteiger partial charge in [0.1, 0.15) is 22.9 Å². The van der Waals surface area contributed by atoms with E-state index >= 15 is 0 Å². The van der Waals surface area contributed by atoms with Gasteiger partial charge in [0.25, 0.3) is 0 Å². The number of hydrogen-bond donors (Lipinski definition) is 2. The van der Waals surface area contributed by atoms with Crippen molar-refractivity contribution >= 4 is 17.6 Å². The number of aromatic nitrogens is 1. The lowest BCUT2D eigenvalue weighted by Gasteiger charge is -2.27. The van der Waals surface area contributed by atoms with E-state index in [1.165, 1.54) is 32.5 Å². The summed E-state index contributed by atoms with van der Waals surface area (Å²) in [6, 6.07) is 11.0. The summed E-state index contributed by atoms with van der Waals surface area (Å²) in [7, 11) is 3.06. The van der Waals surface area contributed by atoms with E-state index in [0.29, 0.717) is 28.4 Å². The Morgan fingerprint density at radius 3 is 2.53 bits per heavy atom. The van der Waals surface area contributed by atoms with Crippen LogP contribution in [0.1, 0.15) is 34.0 Å². The first kappa shape index (κ1) is 19.5. The predicted octanol–water partition coefficient (Wildman–Crippen LogP) is 3.81. The van der Waals surface area contributed by atoms with Gasteiger partial charge in [0.05, 0.1) is 25.6 Å². The lowest BCUT2D eigenvalue weighted by Crippen LogP contribution is -2.25. The molecule has 0 saturated heterocycles. The standard InChI is InChI=1S/C22H19FN2O5/c1-29-14-7-8-18(30-2)15(9-14)16-10-19(26)24-20-17(22(27)28)11-25(21(16)20)13-5-3-12(23)4-6-13/h3-9,11,16H,10H2,1-2H3,(H,24,26)(H,27,28)/t16-/m1/s1. The van der Waals surface area contributed by atoms with Crippen LogP contribution in [0.4, 0.5) is 10.1 Å². The Balaban J connectivity index is 1.99. The monoisotopic (exact) mass is 410 g/mol. The van der Waals surface area contributed by atoms with Crippen molar-refractivity contribution < 1.29 is 28.6 Å². The quantitative estimate of drug-likeness (QED) is 0.668. The zero-order valence-electron chi connectivity index (χ0n) is 16.3. The second kappa shape index (κ2) is 7.55. The molecule has 0 spiro atoms. The number of benzene rings is 2. The number of fused-ring (bicyclic) bond motifs is 1. The molecule has 0 saturated carbocycles. The van der Waals surface area contributed by atoms with Crippen LogP contribution in [0.15, 0.2) is 48.7 Å². The second-order valence-corrected chi connectivity index (χ2v) is 6.87. The first-order valence-electron chi connectivity index (χ1n) is 9.19. The number of rotatable bonds is 5. The number of nitrogens with one attached hydrogen (secondary N) is 1. The van der Waals surface area contributed by atoms with Crippen LogP contribution < -0.4 is 14.8 Å². The van der Waals surface area contributed by atoms with Gasteiger partial charge in [0.2, 0.25) is 5.91 Å². The Morgan fingerprint density at radius 1 is 1.17 bits per heavy atom. The summed E-state index contributed by atoms with van der Waals surface area (Å²) in [4.78, 5) is 24.4.